The van der Waals surface area contributed by atoms with Gasteiger partial charge < -0.3 is 9.47 Å². The van der Waals surface area contributed by atoms with Crippen molar-refractivity contribution in [3.63, 3.8) is 0 Å². The number of esters is 1. The molecule has 0 aliphatic carbocycles. The minimum atomic E-state index is -0.808. The molecule has 2 aliphatic rings. The third-order valence-corrected chi connectivity index (χ3v) is 7.24. The van der Waals surface area contributed by atoms with Crippen LogP contribution in [0.15, 0.2) is 81.7 Å². The summed E-state index contributed by atoms with van der Waals surface area (Å²) in [6, 6.07) is 17.0. The van der Waals surface area contributed by atoms with E-state index in [1.807, 2.05) is 67.8 Å². The zero-order valence-electron chi connectivity index (χ0n) is 20.1. The number of amides is 1. The van der Waals surface area contributed by atoms with E-state index in [9.17, 15) is 9.59 Å². The second-order valence-corrected chi connectivity index (χ2v) is 10.0. The zero-order chi connectivity index (χ0) is 24.7. The average molecular weight is 487 g/mol. The van der Waals surface area contributed by atoms with E-state index < -0.39 is 17.4 Å². The lowest BCUT2D eigenvalue weighted by molar-refractivity contribution is -0.150. The highest BCUT2D eigenvalue weighted by molar-refractivity contribution is 7.08. The Hall–Kier alpha value is -3.71. The number of ether oxygens (including phenoxy) is 2. The third-order valence-electron chi connectivity index (χ3n) is 6.56. The van der Waals surface area contributed by atoms with Gasteiger partial charge >= 0.3 is 5.97 Å². The standard InChI is InChI=1S/C28H26N2O4S/c1-28(2)15-21(29-3)23-24(20-7-5-6-8-22(20)33-4)30(26(31)25(23)34-27(28)32)19-11-9-17(10-12-19)18-13-14-35-16-18/h5-14,16,24H,15H2,1-4H3/b29-21-. The molecule has 0 spiro atoms. The monoisotopic (exact) mass is 486 g/mol. The predicted molar refractivity (Wildman–Crippen MR) is 138 cm³/mol. The summed E-state index contributed by atoms with van der Waals surface area (Å²) in [5, 5.41) is 4.12. The highest BCUT2D eigenvalue weighted by atomic mass is 32.1. The molecular formula is C28H26N2O4S. The number of nitrogens with zero attached hydrogens (tertiary/aromatic N) is 2. The van der Waals surface area contributed by atoms with E-state index in [0.717, 1.165) is 16.7 Å². The first kappa shape index (κ1) is 23.1. The number of thiophene rings is 1. The fourth-order valence-electron chi connectivity index (χ4n) is 4.70. The molecule has 2 aliphatic heterocycles. The Morgan fingerprint density at radius 1 is 1.06 bits per heavy atom. The summed E-state index contributed by atoms with van der Waals surface area (Å²) >= 11 is 1.64. The van der Waals surface area contributed by atoms with Gasteiger partial charge in [-0.15, -0.1) is 0 Å². The number of carbonyl (C=O) groups excluding carboxylic acids is 2. The first-order chi connectivity index (χ1) is 16.9. The van der Waals surface area contributed by atoms with Gasteiger partial charge in [-0.25, -0.2) is 0 Å². The SMILES string of the molecule is C/N=C1/CC(C)(C)C(=O)OC2=C1C(c1ccccc1OC)N(c1ccc(-c3ccsc3)cc1)C2=O. The third kappa shape index (κ3) is 3.86. The number of para-hydroxylation sites is 1. The van der Waals surface area contributed by atoms with Crippen molar-refractivity contribution in [3.05, 3.63) is 82.3 Å². The van der Waals surface area contributed by atoms with Gasteiger partial charge in [0, 0.05) is 36.0 Å². The van der Waals surface area contributed by atoms with Gasteiger partial charge in [0.25, 0.3) is 5.91 Å². The van der Waals surface area contributed by atoms with Crippen LogP contribution in [0, 0.1) is 5.41 Å². The van der Waals surface area contributed by atoms with Crippen molar-refractivity contribution in [2.75, 3.05) is 19.1 Å². The zero-order valence-corrected chi connectivity index (χ0v) is 20.9. The van der Waals surface area contributed by atoms with Crippen LogP contribution in [-0.2, 0) is 14.3 Å². The Labute approximate surface area is 208 Å². The summed E-state index contributed by atoms with van der Waals surface area (Å²) in [4.78, 5) is 33.1. The summed E-state index contributed by atoms with van der Waals surface area (Å²) in [5.74, 6) is -0.125. The van der Waals surface area contributed by atoms with Crippen LogP contribution in [0.5, 0.6) is 5.75 Å². The normalized spacial score (nSPS) is 20.6. The Morgan fingerprint density at radius 2 is 1.80 bits per heavy atom. The van der Waals surface area contributed by atoms with E-state index in [4.69, 9.17) is 9.47 Å². The second-order valence-electron chi connectivity index (χ2n) is 9.24. The number of rotatable bonds is 4. The molecule has 0 saturated heterocycles. The van der Waals surface area contributed by atoms with Crippen molar-refractivity contribution in [2.24, 2.45) is 10.4 Å². The number of aliphatic imine (C=N–C) groups is 1. The molecule has 0 radical (unpaired) electrons. The molecule has 0 N–H and O–H groups in total. The van der Waals surface area contributed by atoms with Gasteiger partial charge in [-0.1, -0.05) is 30.3 Å². The lowest BCUT2D eigenvalue weighted by atomic mass is 9.83. The predicted octanol–water partition coefficient (Wildman–Crippen LogP) is 5.81. The van der Waals surface area contributed by atoms with Crippen LogP contribution in [-0.4, -0.2) is 31.7 Å². The molecule has 0 saturated carbocycles. The summed E-state index contributed by atoms with van der Waals surface area (Å²) in [5.41, 5.74) is 4.17. The van der Waals surface area contributed by atoms with Crippen molar-refractivity contribution in [1.29, 1.82) is 0 Å². The van der Waals surface area contributed by atoms with E-state index in [1.54, 1.807) is 30.4 Å². The maximum Gasteiger partial charge on any atom is 0.317 e. The van der Waals surface area contributed by atoms with Crippen LogP contribution < -0.4 is 9.64 Å². The maximum atomic E-state index is 13.9. The molecular weight excluding hydrogens is 460 g/mol. The average Bonchev–Trinajstić information content (AvgIpc) is 3.47. The van der Waals surface area contributed by atoms with Gasteiger partial charge in [-0.2, -0.15) is 11.3 Å². The highest BCUT2D eigenvalue weighted by Gasteiger charge is 2.50. The molecule has 1 amide bonds. The van der Waals surface area contributed by atoms with E-state index in [1.165, 1.54) is 0 Å². The largest absolute Gasteiger partial charge is 0.496 e. The molecule has 5 rings (SSSR count). The molecule has 1 unspecified atom stereocenters. The Morgan fingerprint density at radius 3 is 2.46 bits per heavy atom. The molecule has 178 valence electrons. The topological polar surface area (TPSA) is 68.2 Å². The van der Waals surface area contributed by atoms with E-state index >= 15 is 0 Å². The molecule has 6 nitrogen and oxygen atoms in total. The number of carbonyl (C=O) groups is 2. The lowest BCUT2D eigenvalue weighted by Crippen LogP contribution is -2.35. The molecule has 0 bridgehead atoms. The minimum Gasteiger partial charge on any atom is -0.496 e. The quantitative estimate of drug-likeness (QED) is 0.437. The Bertz CT molecular complexity index is 1350. The first-order valence-electron chi connectivity index (χ1n) is 11.4. The van der Waals surface area contributed by atoms with Crippen LogP contribution in [0.1, 0.15) is 31.9 Å². The fourth-order valence-corrected chi connectivity index (χ4v) is 5.36. The fraction of sp³-hybridized carbons (Fsp3) is 0.250. The molecule has 1 aromatic heterocycles. The number of hydrogen-bond acceptors (Lipinski definition) is 6. The number of hydrogen-bond donors (Lipinski definition) is 0. The molecule has 1 atom stereocenters. The Balaban J connectivity index is 1.68. The lowest BCUT2D eigenvalue weighted by Gasteiger charge is -2.30. The summed E-state index contributed by atoms with van der Waals surface area (Å²) in [6.07, 6.45) is 0.366. The summed E-state index contributed by atoms with van der Waals surface area (Å²) < 4.78 is 11.5. The van der Waals surface area contributed by atoms with Crippen molar-refractivity contribution in [1.82, 2.24) is 0 Å². The van der Waals surface area contributed by atoms with Gasteiger partial charge in [0.1, 0.15) is 5.75 Å². The van der Waals surface area contributed by atoms with Crippen molar-refractivity contribution in [3.8, 4) is 16.9 Å². The van der Waals surface area contributed by atoms with Gasteiger partial charge in [0.05, 0.1) is 18.6 Å². The number of anilines is 1. The second kappa shape index (κ2) is 8.82. The molecule has 3 heterocycles. The van der Waals surface area contributed by atoms with Crippen molar-refractivity contribution < 1.29 is 19.1 Å². The van der Waals surface area contributed by atoms with E-state index in [2.05, 4.69) is 16.4 Å². The number of methoxy groups -OCH3 is 1. The summed E-state index contributed by atoms with van der Waals surface area (Å²) in [6.45, 7) is 3.62. The van der Waals surface area contributed by atoms with Gasteiger partial charge in [-0.3, -0.25) is 19.5 Å². The maximum absolute atomic E-state index is 13.9. The molecule has 2 aromatic carbocycles. The molecule has 3 aromatic rings. The molecule has 35 heavy (non-hydrogen) atoms. The molecule has 7 heteroatoms. The first-order valence-corrected chi connectivity index (χ1v) is 12.3. The summed E-state index contributed by atoms with van der Waals surface area (Å²) in [7, 11) is 3.30. The van der Waals surface area contributed by atoms with Crippen molar-refractivity contribution >= 4 is 34.6 Å². The van der Waals surface area contributed by atoms with Crippen LogP contribution in [0.3, 0.4) is 0 Å². The van der Waals surface area contributed by atoms with Gasteiger partial charge in [-0.05, 0) is 60.0 Å². The van der Waals surface area contributed by atoms with Crippen LogP contribution >= 0.6 is 11.3 Å². The van der Waals surface area contributed by atoms with Crippen LogP contribution in [0.25, 0.3) is 11.1 Å². The minimum absolute atomic E-state index is 0.0407. The number of benzene rings is 2. The van der Waals surface area contributed by atoms with Crippen LogP contribution in [0.4, 0.5) is 5.69 Å². The highest BCUT2D eigenvalue weighted by Crippen LogP contribution is 2.48. The van der Waals surface area contributed by atoms with E-state index in [-0.39, 0.29) is 11.7 Å². The van der Waals surface area contributed by atoms with Crippen molar-refractivity contribution in [2.45, 2.75) is 26.3 Å². The van der Waals surface area contributed by atoms with E-state index in [0.29, 0.717) is 29.1 Å². The molecule has 0 fully saturated rings. The van der Waals surface area contributed by atoms with Gasteiger partial charge in [0.15, 0.2) is 0 Å². The van der Waals surface area contributed by atoms with Crippen LogP contribution in [0.2, 0.25) is 0 Å². The smallest absolute Gasteiger partial charge is 0.317 e. The van der Waals surface area contributed by atoms with Gasteiger partial charge in [0.2, 0.25) is 5.76 Å². The Kier molecular flexibility index (Phi) is 5.81.